The van der Waals surface area contributed by atoms with Gasteiger partial charge < -0.3 is 5.32 Å². The molecular formula is C19H20N4. The van der Waals surface area contributed by atoms with E-state index in [4.69, 9.17) is 0 Å². The maximum atomic E-state index is 4.38. The third-order valence-electron chi connectivity index (χ3n) is 3.52. The van der Waals surface area contributed by atoms with Crippen molar-refractivity contribution in [3.63, 3.8) is 0 Å². The Bertz CT molecular complexity index is 735. The Morgan fingerprint density at radius 1 is 0.870 bits per heavy atom. The highest BCUT2D eigenvalue weighted by Gasteiger charge is 2.02. The number of rotatable bonds is 5. The van der Waals surface area contributed by atoms with E-state index < -0.39 is 0 Å². The van der Waals surface area contributed by atoms with Gasteiger partial charge in [0.25, 0.3) is 0 Å². The average Bonchev–Trinajstić information content (AvgIpc) is 2.58. The number of hydrogen-bond acceptors (Lipinski definition) is 4. The molecule has 0 saturated carbocycles. The minimum atomic E-state index is 0.597. The molecule has 0 amide bonds. The van der Waals surface area contributed by atoms with E-state index in [1.807, 2.05) is 24.5 Å². The predicted molar refractivity (Wildman–Crippen MR) is 93.5 cm³/mol. The van der Waals surface area contributed by atoms with Gasteiger partial charge in [0.1, 0.15) is 0 Å². The van der Waals surface area contributed by atoms with Crippen molar-refractivity contribution in [3.05, 3.63) is 66.7 Å². The lowest BCUT2D eigenvalue weighted by Crippen LogP contribution is -1.98. The average molecular weight is 304 g/mol. The Morgan fingerprint density at radius 2 is 1.52 bits per heavy atom. The lowest BCUT2D eigenvalue weighted by atomic mass is 10.0. The zero-order valence-electron chi connectivity index (χ0n) is 13.4. The highest BCUT2D eigenvalue weighted by Crippen LogP contribution is 2.19. The molecule has 116 valence electrons. The molecule has 0 unspecified atom stereocenters. The molecule has 0 aliphatic carbocycles. The molecule has 23 heavy (non-hydrogen) atoms. The summed E-state index contributed by atoms with van der Waals surface area (Å²) in [6.45, 7) is 4.45. The number of hydrogen-bond donors (Lipinski definition) is 1. The third kappa shape index (κ3) is 4.13. The van der Waals surface area contributed by atoms with Crippen LogP contribution in [0, 0.1) is 5.92 Å². The molecule has 4 nitrogen and oxygen atoms in total. The molecule has 0 aliphatic heterocycles. The summed E-state index contributed by atoms with van der Waals surface area (Å²) < 4.78 is 0. The second-order valence-corrected chi connectivity index (χ2v) is 5.95. The Balaban J connectivity index is 1.68. The van der Waals surface area contributed by atoms with Gasteiger partial charge in [-0.05, 0) is 47.7 Å². The Morgan fingerprint density at radius 3 is 2.13 bits per heavy atom. The van der Waals surface area contributed by atoms with E-state index in [9.17, 15) is 0 Å². The first-order valence-corrected chi connectivity index (χ1v) is 7.79. The van der Waals surface area contributed by atoms with Crippen LogP contribution in [0.3, 0.4) is 0 Å². The first kappa shape index (κ1) is 15.2. The maximum absolute atomic E-state index is 4.38. The minimum Gasteiger partial charge on any atom is -0.324 e. The van der Waals surface area contributed by atoms with Crippen LogP contribution in [0.1, 0.15) is 19.4 Å². The maximum Gasteiger partial charge on any atom is 0.227 e. The molecule has 3 aromatic rings. The quantitative estimate of drug-likeness (QED) is 0.755. The van der Waals surface area contributed by atoms with Gasteiger partial charge in [0.15, 0.2) is 0 Å². The summed E-state index contributed by atoms with van der Waals surface area (Å²) >= 11 is 0. The van der Waals surface area contributed by atoms with Crippen LogP contribution in [-0.4, -0.2) is 15.0 Å². The van der Waals surface area contributed by atoms with Crippen LogP contribution in [0.2, 0.25) is 0 Å². The second kappa shape index (κ2) is 7.01. The number of nitrogens with one attached hydrogen (secondary N) is 1. The van der Waals surface area contributed by atoms with Crippen molar-refractivity contribution in [1.82, 2.24) is 15.0 Å². The van der Waals surface area contributed by atoms with Crippen molar-refractivity contribution in [1.29, 1.82) is 0 Å². The third-order valence-corrected chi connectivity index (χ3v) is 3.52. The van der Waals surface area contributed by atoms with E-state index in [0.717, 1.165) is 23.2 Å². The second-order valence-electron chi connectivity index (χ2n) is 5.95. The topological polar surface area (TPSA) is 50.7 Å². The monoisotopic (exact) mass is 304 g/mol. The van der Waals surface area contributed by atoms with Gasteiger partial charge in [0, 0.05) is 36.0 Å². The zero-order chi connectivity index (χ0) is 16.1. The Kier molecular flexibility index (Phi) is 4.62. The normalized spacial score (nSPS) is 10.7. The molecule has 0 aliphatic rings. The van der Waals surface area contributed by atoms with Crippen molar-refractivity contribution in [2.75, 3.05) is 5.32 Å². The fourth-order valence-electron chi connectivity index (χ4n) is 2.41. The Hall–Kier alpha value is -2.75. The first-order valence-electron chi connectivity index (χ1n) is 7.79. The standard InChI is InChI=1S/C19H20N4/c1-14(2)11-15-3-5-18(6-4-15)23-19-21-12-17(13-22-19)16-7-9-20-10-8-16/h3-10,12-14H,11H2,1-2H3,(H,21,22,23). The van der Waals surface area contributed by atoms with Crippen molar-refractivity contribution >= 4 is 11.6 Å². The summed E-state index contributed by atoms with van der Waals surface area (Å²) in [5.74, 6) is 1.26. The number of nitrogens with zero attached hydrogens (tertiary/aromatic N) is 3. The highest BCUT2D eigenvalue weighted by atomic mass is 15.1. The van der Waals surface area contributed by atoms with Gasteiger partial charge in [-0.2, -0.15) is 0 Å². The fourth-order valence-corrected chi connectivity index (χ4v) is 2.41. The summed E-state index contributed by atoms with van der Waals surface area (Å²) in [6, 6.07) is 12.3. The van der Waals surface area contributed by atoms with Crippen LogP contribution >= 0.6 is 0 Å². The number of benzene rings is 1. The summed E-state index contributed by atoms with van der Waals surface area (Å²) in [4.78, 5) is 12.8. The molecule has 4 heteroatoms. The molecule has 0 radical (unpaired) electrons. The molecule has 1 N–H and O–H groups in total. The van der Waals surface area contributed by atoms with E-state index in [-0.39, 0.29) is 0 Å². The van der Waals surface area contributed by atoms with E-state index in [2.05, 4.69) is 58.4 Å². The fraction of sp³-hybridized carbons (Fsp3) is 0.211. The van der Waals surface area contributed by atoms with Crippen LogP contribution in [0.4, 0.5) is 11.6 Å². The van der Waals surface area contributed by atoms with Gasteiger partial charge in [-0.3, -0.25) is 4.98 Å². The number of anilines is 2. The van der Waals surface area contributed by atoms with Crippen LogP contribution in [0.15, 0.2) is 61.2 Å². The molecule has 0 bridgehead atoms. The molecule has 0 fully saturated rings. The Labute approximate surface area is 136 Å². The SMILES string of the molecule is CC(C)Cc1ccc(Nc2ncc(-c3ccncc3)cn2)cc1. The first-order chi connectivity index (χ1) is 11.2. The van der Waals surface area contributed by atoms with Crippen LogP contribution < -0.4 is 5.32 Å². The molecule has 3 rings (SSSR count). The zero-order valence-corrected chi connectivity index (χ0v) is 13.4. The smallest absolute Gasteiger partial charge is 0.227 e. The summed E-state index contributed by atoms with van der Waals surface area (Å²) in [5.41, 5.74) is 4.38. The summed E-state index contributed by atoms with van der Waals surface area (Å²) in [7, 11) is 0. The van der Waals surface area contributed by atoms with Gasteiger partial charge in [-0.25, -0.2) is 9.97 Å². The lowest BCUT2D eigenvalue weighted by Gasteiger charge is -2.08. The molecule has 2 heterocycles. The van der Waals surface area contributed by atoms with E-state index in [0.29, 0.717) is 11.9 Å². The summed E-state index contributed by atoms with van der Waals surface area (Å²) in [5, 5.41) is 3.23. The number of aromatic nitrogens is 3. The number of pyridine rings is 1. The largest absolute Gasteiger partial charge is 0.324 e. The van der Waals surface area contributed by atoms with Gasteiger partial charge in [-0.15, -0.1) is 0 Å². The van der Waals surface area contributed by atoms with Crippen LogP contribution in [0.5, 0.6) is 0 Å². The van der Waals surface area contributed by atoms with E-state index in [1.165, 1.54) is 5.56 Å². The highest BCUT2D eigenvalue weighted by molar-refractivity contribution is 5.62. The van der Waals surface area contributed by atoms with E-state index in [1.54, 1.807) is 12.4 Å². The van der Waals surface area contributed by atoms with E-state index >= 15 is 0 Å². The van der Waals surface area contributed by atoms with Gasteiger partial charge >= 0.3 is 0 Å². The van der Waals surface area contributed by atoms with Crippen molar-refractivity contribution in [2.45, 2.75) is 20.3 Å². The van der Waals surface area contributed by atoms with Crippen molar-refractivity contribution in [3.8, 4) is 11.1 Å². The van der Waals surface area contributed by atoms with Gasteiger partial charge in [0.05, 0.1) is 0 Å². The molecular weight excluding hydrogens is 284 g/mol. The van der Waals surface area contributed by atoms with Crippen molar-refractivity contribution in [2.24, 2.45) is 5.92 Å². The minimum absolute atomic E-state index is 0.597. The van der Waals surface area contributed by atoms with Crippen LogP contribution in [-0.2, 0) is 6.42 Å². The lowest BCUT2D eigenvalue weighted by molar-refractivity contribution is 0.647. The molecule has 1 aromatic carbocycles. The molecule has 2 aromatic heterocycles. The van der Waals surface area contributed by atoms with Crippen molar-refractivity contribution < 1.29 is 0 Å². The summed E-state index contributed by atoms with van der Waals surface area (Å²) in [6.07, 6.45) is 8.26. The molecule has 0 spiro atoms. The van der Waals surface area contributed by atoms with Gasteiger partial charge in [0.2, 0.25) is 5.95 Å². The predicted octanol–water partition coefficient (Wildman–Crippen LogP) is 4.48. The van der Waals surface area contributed by atoms with Gasteiger partial charge in [-0.1, -0.05) is 26.0 Å². The molecule has 0 atom stereocenters. The molecule has 0 saturated heterocycles. The van der Waals surface area contributed by atoms with Crippen LogP contribution in [0.25, 0.3) is 11.1 Å².